The third-order valence-electron chi connectivity index (χ3n) is 2.81. The first-order valence-electron chi connectivity index (χ1n) is 5.13. The number of aliphatic carboxylic acids is 2. The standard InChI is InChI=1S/C11H15NO4/c1-2-3-5-12-6-4-8(10(13)14)9(7-12)11(15)16/h8-9H,4-7H2,1H3,(H,13,14)(H,15,16). The number of carboxylic acid groups (broad SMARTS) is 2. The molecule has 88 valence electrons. The van der Waals surface area contributed by atoms with E-state index in [1.165, 1.54) is 0 Å². The van der Waals surface area contributed by atoms with Gasteiger partial charge in [0.2, 0.25) is 0 Å². The first kappa shape index (κ1) is 12.5. The summed E-state index contributed by atoms with van der Waals surface area (Å²) >= 11 is 0. The number of carbonyl (C=O) groups is 2. The molecule has 1 heterocycles. The molecule has 2 atom stereocenters. The monoisotopic (exact) mass is 225 g/mol. The molecule has 5 nitrogen and oxygen atoms in total. The van der Waals surface area contributed by atoms with Gasteiger partial charge in [-0.15, -0.1) is 5.92 Å². The summed E-state index contributed by atoms with van der Waals surface area (Å²) in [7, 11) is 0. The highest BCUT2D eigenvalue weighted by molar-refractivity contribution is 5.80. The molecule has 1 saturated heterocycles. The minimum atomic E-state index is -1.04. The van der Waals surface area contributed by atoms with Gasteiger partial charge in [-0.05, 0) is 19.9 Å². The van der Waals surface area contributed by atoms with E-state index in [4.69, 9.17) is 10.2 Å². The molecular weight excluding hydrogens is 210 g/mol. The topological polar surface area (TPSA) is 77.8 Å². The van der Waals surface area contributed by atoms with Crippen LogP contribution in [0.5, 0.6) is 0 Å². The first-order valence-corrected chi connectivity index (χ1v) is 5.13. The van der Waals surface area contributed by atoms with Crippen LogP contribution in [0, 0.1) is 23.7 Å². The zero-order valence-corrected chi connectivity index (χ0v) is 9.14. The second-order valence-electron chi connectivity index (χ2n) is 3.84. The maximum atomic E-state index is 11.0. The van der Waals surface area contributed by atoms with E-state index in [0.717, 1.165) is 0 Å². The van der Waals surface area contributed by atoms with Crippen LogP contribution in [0.4, 0.5) is 0 Å². The number of hydrogen-bond acceptors (Lipinski definition) is 3. The molecule has 0 bridgehead atoms. The van der Waals surface area contributed by atoms with E-state index in [1.807, 2.05) is 4.90 Å². The lowest BCUT2D eigenvalue weighted by Crippen LogP contribution is -2.46. The molecule has 1 aliphatic rings. The van der Waals surface area contributed by atoms with Crippen molar-refractivity contribution in [2.45, 2.75) is 13.3 Å². The molecule has 5 heteroatoms. The van der Waals surface area contributed by atoms with Crippen LogP contribution < -0.4 is 0 Å². The van der Waals surface area contributed by atoms with Gasteiger partial charge in [-0.2, -0.15) is 0 Å². The fraction of sp³-hybridized carbons (Fsp3) is 0.636. The molecule has 0 aromatic rings. The Balaban J connectivity index is 2.67. The number of carboxylic acids is 2. The number of hydrogen-bond donors (Lipinski definition) is 2. The quantitative estimate of drug-likeness (QED) is 0.667. The van der Waals surface area contributed by atoms with Gasteiger partial charge in [-0.3, -0.25) is 14.5 Å². The van der Waals surface area contributed by atoms with Crippen molar-refractivity contribution in [2.24, 2.45) is 11.8 Å². The Morgan fingerprint density at radius 1 is 1.31 bits per heavy atom. The molecule has 0 saturated carbocycles. The lowest BCUT2D eigenvalue weighted by molar-refractivity contribution is -0.156. The minimum Gasteiger partial charge on any atom is -0.481 e. The normalized spacial score (nSPS) is 25.6. The number of rotatable bonds is 3. The smallest absolute Gasteiger partial charge is 0.308 e. The molecule has 0 aromatic carbocycles. The number of nitrogens with zero attached hydrogens (tertiary/aromatic N) is 1. The summed E-state index contributed by atoms with van der Waals surface area (Å²) in [5.41, 5.74) is 0. The Labute approximate surface area is 94.1 Å². The maximum absolute atomic E-state index is 11.0. The molecule has 1 rings (SSSR count). The summed E-state index contributed by atoms with van der Waals surface area (Å²) < 4.78 is 0. The molecular formula is C11H15NO4. The first-order chi connectivity index (χ1) is 7.56. The highest BCUT2D eigenvalue weighted by atomic mass is 16.4. The van der Waals surface area contributed by atoms with Gasteiger partial charge < -0.3 is 10.2 Å². The van der Waals surface area contributed by atoms with Crippen LogP contribution in [0.3, 0.4) is 0 Å². The van der Waals surface area contributed by atoms with Gasteiger partial charge in [-0.25, -0.2) is 0 Å². The average molecular weight is 225 g/mol. The Morgan fingerprint density at radius 3 is 2.44 bits per heavy atom. The van der Waals surface area contributed by atoms with E-state index in [0.29, 0.717) is 19.5 Å². The third-order valence-corrected chi connectivity index (χ3v) is 2.81. The maximum Gasteiger partial charge on any atom is 0.308 e. The number of piperidine rings is 1. The van der Waals surface area contributed by atoms with E-state index < -0.39 is 23.8 Å². The van der Waals surface area contributed by atoms with Crippen molar-refractivity contribution in [1.82, 2.24) is 4.90 Å². The van der Waals surface area contributed by atoms with E-state index in [1.54, 1.807) is 6.92 Å². The van der Waals surface area contributed by atoms with Crippen LogP contribution in [0.1, 0.15) is 13.3 Å². The van der Waals surface area contributed by atoms with E-state index in [9.17, 15) is 9.59 Å². The Morgan fingerprint density at radius 2 is 1.94 bits per heavy atom. The Hall–Kier alpha value is -1.54. The molecule has 1 fully saturated rings. The van der Waals surface area contributed by atoms with Crippen molar-refractivity contribution in [3.63, 3.8) is 0 Å². The summed E-state index contributed by atoms with van der Waals surface area (Å²) in [5.74, 6) is 1.93. The predicted octanol–water partition coefficient (Wildman–Crippen LogP) is 0.117. The summed E-state index contributed by atoms with van der Waals surface area (Å²) in [4.78, 5) is 23.7. The molecule has 2 unspecified atom stereocenters. The number of likely N-dealkylation sites (tertiary alicyclic amines) is 1. The van der Waals surface area contributed by atoms with Crippen molar-refractivity contribution in [3.8, 4) is 11.8 Å². The van der Waals surface area contributed by atoms with Crippen LogP contribution in [-0.2, 0) is 9.59 Å². The Kier molecular flexibility index (Phi) is 4.32. The van der Waals surface area contributed by atoms with Crippen molar-refractivity contribution in [1.29, 1.82) is 0 Å². The van der Waals surface area contributed by atoms with Crippen molar-refractivity contribution in [2.75, 3.05) is 19.6 Å². The van der Waals surface area contributed by atoms with Gasteiger partial charge in [0, 0.05) is 6.54 Å². The van der Waals surface area contributed by atoms with E-state index >= 15 is 0 Å². The van der Waals surface area contributed by atoms with Crippen molar-refractivity contribution >= 4 is 11.9 Å². The molecule has 2 N–H and O–H groups in total. The van der Waals surface area contributed by atoms with Crippen LogP contribution in [0.2, 0.25) is 0 Å². The highest BCUT2D eigenvalue weighted by Crippen LogP contribution is 2.23. The Bertz CT molecular complexity index is 342. The van der Waals surface area contributed by atoms with Gasteiger partial charge in [0.15, 0.2) is 0 Å². The van der Waals surface area contributed by atoms with Crippen LogP contribution in [-0.4, -0.2) is 46.7 Å². The summed E-state index contributed by atoms with van der Waals surface area (Å²) in [6.45, 7) is 3.09. The predicted molar refractivity (Wildman–Crippen MR) is 56.8 cm³/mol. The molecule has 16 heavy (non-hydrogen) atoms. The van der Waals surface area contributed by atoms with Gasteiger partial charge in [-0.1, -0.05) is 5.92 Å². The lowest BCUT2D eigenvalue weighted by Gasteiger charge is -2.33. The van der Waals surface area contributed by atoms with Gasteiger partial charge in [0.25, 0.3) is 0 Å². The second-order valence-corrected chi connectivity index (χ2v) is 3.84. The highest BCUT2D eigenvalue weighted by Gasteiger charge is 2.38. The lowest BCUT2D eigenvalue weighted by atomic mass is 9.85. The van der Waals surface area contributed by atoms with Crippen molar-refractivity contribution in [3.05, 3.63) is 0 Å². The SMILES string of the molecule is CC#CCN1CCC(C(=O)O)C(C(=O)O)C1. The molecule has 0 amide bonds. The zero-order chi connectivity index (χ0) is 12.1. The largest absolute Gasteiger partial charge is 0.481 e. The van der Waals surface area contributed by atoms with E-state index in [2.05, 4.69) is 11.8 Å². The molecule has 0 aromatic heterocycles. The molecule has 1 aliphatic heterocycles. The fourth-order valence-corrected chi connectivity index (χ4v) is 1.90. The summed E-state index contributed by atoms with van der Waals surface area (Å²) in [5, 5.41) is 17.9. The van der Waals surface area contributed by atoms with Crippen molar-refractivity contribution < 1.29 is 19.8 Å². The fourth-order valence-electron chi connectivity index (χ4n) is 1.90. The van der Waals surface area contributed by atoms with Gasteiger partial charge in [0.05, 0.1) is 18.4 Å². The van der Waals surface area contributed by atoms with Gasteiger partial charge in [0.1, 0.15) is 0 Å². The third kappa shape index (κ3) is 2.97. The van der Waals surface area contributed by atoms with Gasteiger partial charge >= 0.3 is 11.9 Å². The molecule has 0 aliphatic carbocycles. The van der Waals surface area contributed by atoms with Crippen LogP contribution in [0.25, 0.3) is 0 Å². The summed E-state index contributed by atoms with van der Waals surface area (Å²) in [6.07, 6.45) is 0.373. The van der Waals surface area contributed by atoms with Crippen LogP contribution in [0.15, 0.2) is 0 Å². The molecule has 0 radical (unpaired) electrons. The second kappa shape index (κ2) is 5.52. The average Bonchev–Trinajstić information content (AvgIpc) is 2.25. The molecule has 0 spiro atoms. The van der Waals surface area contributed by atoms with E-state index in [-0.39, 0.29) is 6.54 Å². The zero-order valence-electron chi connectivity index (χ0n) is 9.14. The summed E-state index contributed by atoms with van der Waals surface area (Å²) in [6, 6.07) is 0. The van der Waals surface area contributed by atoms with Crippen LogP contribution >= 0.6 is 0 Å². The minimum absolute atomic E-state index is 0.265.